The highest BCUT2D eigenvalue weighted by Crippen LogP contribution is 2.32. The number of alkyl halides is 3. The molecule has 1 aromatic rings. The first-order valence-corrected chi connectivity index (χ1v) is 7.82. The van der Waals surface area contributed by atoms with Crippen LogP contribution in [0.2, 0.25) is 0 Å². The average Bonchev–Trinajstić information content (AvgIpc) is 2.95. The van der Waals surface area contributed by atoms with Gasteiger partial charge in [0.25, 0.3) is 0 Å². The Morgan fingerprint density at radius 2 is 1.96 bits per heavy atom. The second-order valence-electron chi connectivity index (χ2n) is 6.28. The Kier molecular flexibility index (Phi) is 5.50. The van der Waals surface area contributed by atoms with Crippen molar-refractivity contribution in [3.63, 3.8) is 0 Å². The lowest BCUT2D eigenvalue weighted by Gasteiger charge is -2.24. The summed E-state index contributed by atoms with van der Waals surface area (Å²) in [5, 5.41) is 12.0. The van der Waals surface area contributed by atoms with Crippen LogP contribution in [0.3, 0.4) is 0 Å². The number of nitrogens with zero attached hydrogens (tertiary/aromatic N) is 2. The smallest absolute Gasteiger partial charge is 0.337 e. The second kappa shape index (κ2) is 7.22. The van der Waals surface area contributed by atoms with Crippen LogP contribution in [-0.2, 0) is 17.5 Å². The van der Waals surface area contributed by atoms with Crippen LogP contribution < -0.4 is 5.32 Å². The Labute approximate surface area is 139 Å². The van der Waals surface area contributed by atoms with Crippen molar-refractivity contribution < 1.29 is 18.0 Å². The molecule has 0 unspecified atom stereocenters. The number of rotatable bonds is 5. The number of carbonyl (C=O) groups excluding carboxylic acids is 1. The molecule has 7 heteroatoms. The maximum atomic E-state index is 13.0. The first-order chi connectivity index (χ1) is 11.3. The molecule has 0 aromatic heterocycles. The molecule has 0 radical (unpaired) electrons. The summed E-state index contributed by atoms with van der Waals surface area (Å²) in [5.41, 5.74) is -1.39. The fourth-order valence-corrected chi connectivity index (χ4v) is 3.08. The SMILES string of the molecule is CN(CC(=O)NC1(C#N)CCCC1)Cc1ccccc1C(F)(F)F. The molecule has 1 aromatic carbocycles. The highest BCUT2D eigenvalue weighted by Gasteiger charge is 2.36. The lowest BCUT2D eigenvalue weighted by atomic mass is 10.00. The van der Waals surface area contributed by atoms with Crippen molar-refractivity contribution in [2.45, 2.75) is 43.9 Å². The van der Waals surface area contributed by atoms with Gasteiger partial charge in [0, 0.05) is 6.54 Å². The molecule has 1 aliphatic carbocycles. The van der Waals surface area contributed by atoms with Gasteiger partial charge in [0.05, 0.1) is 18.2 Å². The van der Waals surface area contributed by atoms with Crippen molar-refractivity contribution in [1.82, 2.24) is 10.2 Å². The number of carbonyl (C=O) groups is 1. The van der Waals surface area contributed by atoms with Crippen LogP contribution >= 0.6 is 0 Å². The zero-order chi connectivity index (χ0) is 17.8. The van der Waals surface area contributed by atoms with Crippen molar-refractivity contribution in [1.29, 1.82) is 5.26 Å². The molecule has 1 N–H and O–H groups in total. The van der Waals surface area contributed by atoms with Gasteiger partial charge in [-0.3, -0.25) is 9.69 Å². The molecule has 1 amide bonds. The second-order valence-corrected chi connectivity index (χ2v) is 6.28. The number of halogens is 3. The summed E-state index contributed by atoms with van der Waals surface area (Å²) in [4.78, 5) is 13.6. The molecule has 24 heavy (non-hydrogen) atoms. The summed E-state index contributed by atoms with van der Waals surface area (Å²) >= 11 is 0. The summed E-state index contributed by atoms with van der Waals surface area (Å²) in [6.07, 6.45) is -1.40. The van der Waals surface area contributed by atoms with Crippen molar-refractivity contribution in [3.8, 4) is 6.07 Å². The minimum atomic E-state index is -4.42. The summed E-state index contributed by atoms with van der Waals surface area (Å²) in [6.45, 7) is -0.0573. The van der Waals surface area contributed by atoms with Crippen LogP contribution in [0.4, 0.5) is 13.2 Å². The molecule has 4 nitrogen and oxygen atoms in total. The van der Waals surface area contributed by atoms with Gasteiger partial charge in [0.15, 0.2) is 0 Å². The fourth-order valence-electron chi connectivity index (χ4n) is 3.08. The van der Waals surface area contributed by atoms with E-state index < -0.39 is 17.3 Å². The molecule has 130 valence electrons. The predicted octanol–water partition coefficient (Wildman–Crippen LogP) is 3.09. The van der Waals surface area contributed by atoms with E-state index in [4.69, 9.17) is 0 Å². The van der Waals surface area contributed by atoms with E-state index >= 15 is 0 Å². The topological polar surface area (TPSA) is 56.1 Å². The van der Waals surface area contributed by atoms with Gasteiger partial charge in [0.1, 0.15) is 5.54 Å². The van der Waals surface area contributed by atoms with E-state index in [-0.39, 0.29) is 24.6 Å². The van der Waals surface area contributed by atoms with Crippen LogP contribution in [0.15, 0.2) is 24.3 Å². The van der Waals surface area contributed by atoms with Gasteiger partial charge in [0.2, 0.25) is 5.91 Å². The molecule has 0 heterocycles. The molecule has 0 spiro atoms. The van der Waals surface area contributed by atoms with Gasteiger partial charge in [-0.15, -0.1) is 0 Å². The van der Waals surface area contributed by atoms with E-state index in [2.05, 4.69) is 11.4 Å². The average molecular weight is 339 g/mol. The lowest BCUT2D eigenvalue weighted by Crippen LogP contribution is -2.48. The maximum Gasteiger partial charge on any atom is 0.416 e. The minimum absolute atomic E-state index is 0.00264. The normalized spacial score (nSPS) is 16.8. The van der Waals surface area contributed by atoms with Crippen LogP contribution in [-0.4, -0.2) is 29.9 Å². The number of hydrogen-bond acceptors (Lipinski definition) is 3. The monoisotopic (exact) mass is 339 g/mol. The first-order valence-electron chi connectivity index (χ1n) is 7.82. The zero-order valence-corrected chi connectivity index (χ0v) is 13.5. The van der Waals surface area contributed by atoms with Crippen LogP contribution in [0.1, 0.15) is 36.8 Å². The molecule has 0 bridgehead atoms. The molecule has 1 aliphatic rings. The number of hydrogen-bond donors (Lipinski definition) is 1. The highest BCUT2D eigenvalue weighted by atomic mass is 19.4. The third kappa shape index (κ3) is 4.48. The Morgan fingerprint density at radius 1 is 1.33 bits per heavy atom. The van der Waals surface area contributed by atoms with Crippen molar-refractivity contribution in [2.24, 2.45) is 0 Å². The molecule has 1 fully saturated rings. The Morgan fingerprint density at radius 3 is 2.54 bits per heavy atom. The Bertz CT molecular complexity index is 631. The molecular weight excluding hydrogens is 319 g/mol. The van der Waals surface area contributed by atoms with Gasteiger partial charge in [-0.05, 0) is 44.4 Å². The predicted molar refractivity (Wildman–Crippen MR) is 82.7 cm³/mol. The van der Waals surface area contributed by atoms with E-state index in [9.17, 15) is 23.2 Å². The quantitative estimate of drug-likeness (QED) is 0.897. The van der Waals surface area contributed by atoms with Gasteiger partial charge < -0.3 is 5.32 Å². The molecule has 0 atom stereocenters. The molecule has 0 saturated heterocycles. The molecular formula is C17H20F3N3O. The molecule has 2 rings (SSSR count). The van der Waals surface area contributed by atoms with E-state index in [1.807, 2.05) is 0 Å². The Hall–Kier alpha value is -2.07. The van der Waals surface area contributed by atoms with Gasteiger partial charge in [-0.1, -0.05) is 18.2 Å². The molecule has 1 saturated carbocycles. The number of likely N-dealkylation sites (N-methyl/N-ethyl adjacent to an activating group) is 1. The van der Waals surface area contributed by atoms with Crippen LogP contribution in [0.25, 0.3) is 0 Å². The standard InChI is InChI=1S/C17H20F3N3O/c1-23(10-13-6-2-3-7-14(13)17(18,19)20)11-15(24)22-16(12-21)8-4-5-9-16/h2-3,6-7H,4-5,8-11H2,1H3,(H,22,24). The van der Waals surface area contributed by atoms with Gasteiger partial charge in [-0.25, -0.2) is 0 Å². The number of benzene rings is 1. The van der Waals surface area contributed by atoms with Crippen LogP contribution in [0.5, 0.6) is 0 Å². The van der Waals surface area contributed by atoms with Gasteiger partial charge >= 0.3 is 6.18 Å². The lowest BCUT2D eigenvalue weighted by molar-refractivity contribution is -0.138. The molecule has 0 aliphatic heterocycles. The largest absolute Gasteiger partial charge is 0.416 e. The van der Waals surface area contributed by atoms with E-state index in [0.29, 0.717) is 12.8 Å². The first kappa shape index (κ1) is 18.3. The van der Waals surface area contributed by atoms with E-state index in [1.54, 1.807) is 13.1 Å². The number of amides is 1. The summed E-state index contributed by atoms with van der Waals surface area (Å²) in [6, 6.07) is 7.49. The van der Waals surface area contributed by atoms with Crippen molar-refractivity contribution >= 4 is 5.91 Å². The van der Waals surface area contributed by atoms with Crippen molar-refractivity contribution in [3.05, 3.63) is 35.4 Å². The zero-order valence-electron chi connectivity index (χ0n) is 13.5. The number of nitrogens with one attached hydrogen (secondary N) is 1. The third-order valence-electron chi connectivity index (χ3n) is 4.23. The Balaban J connectivity index is 1.98. The maximum absolute atomic E-state index is 13.0. The van der Waals surface area contributed by atoms with Crippen LogP contribution in [0, 0.1) is 11.3 Å². The summed E-state index contributed by atoms with van der Waals surface area (Å²) in [5.74, 6) is -0.342. The fraction of sp³-hybridized carbons (Fsp3) is 0.529. The summed E-state index contributed by atoms with van der Waals surface area (Å²) < 4.78 is 39.0. The summed E-state index contributed by atoms with van der Waals surface area (Å²) in [7, 11) is 1.58. The van der Waals surface area contributed by atoms with E-state index in [1.165, 1.54) is 17.0 Å². The van der Waals surface area contributed by atoms with Crippen molar-refractivity contribution in [2.75, 3.05) is 13.6 Å². The number of nitriles is 1. The van der Waals surface area contributed by atoms with Gasteiger partial charge in [-0.2, -0.15) is 18.4 Å². The highest BCUT2D eigenvalue weighted by molar-refractivity contribution is 5.79. The third-order valence-corrected chi connectivity index (χ3v) is 4.23. The van der Waals surface area contributed by atoms with E-state index in [0.717, 1.165) is 18.9 Å². The minimum Gasteiger partial charge on any atom is -0.337 e.